The van der Waals surface area contributed by atoms with Crippen LogP contribution in [0.4, 0.5) is 0 Å². The predicted octanol–water partition coefficient (Wildman–Crippen LogP) is 3.61. The molecule has 0 bridgehead atoms. The molecule has 1 aliphatic carbocycles. The zero-order valence-corrected chi connectivity index (χ0v) is 17.6. The van der Waals surface area contributed by atoms with Crippen LogP contribution in [0.15, 0.2) is 48.8 Å². The number of hydrogen-bond acceptors (Lipinski definition) is 6. The number of benzene rings is 2. The average Bonchev–Trinajstić information content (AvgIpc) is 3.35. The maximum Gasteiger partial charge on any atom is 0.251 e. The van der Waals surface area contributed by atoms with Gasteiger partial charge in [0.05, 0.1) is 20.3 Å². The second kappa shape index (κ2) is 9.51. The van der Waals surface area contributed by atoms with E-state index in [1.807, 2.05) is 30.3 Å². The average molecular weight is 422 g/mol. The Balaban J connectivity index is 1.30. The molecular formula is C23H26N4O4. The molecule has 31 heavy (non-hydrogen) atoms. The molecule has 1 heterocycles. The lowest BCUT2D eigenvalue weighted by molar-refractivity contribution is 0.0891. The maximum absolute atomic E-state index is 12.6. The van der Waals surface area contributed by atoms with Crippen LogP contribution in [0.2, 0.25) is 0 Å². The number of aromatic nitrogens is 3. The number of carbonyl (C=O) groups excluding carboxylic acids is 1. The Bertz CT molecular complexity index is 997. The molecule has 1 saturated carbocycles. The molecule has 0 aliphatic heterocycles. The van der Waals surface area contributed by atoms with Crippen LogP contribution in [0.3, 0.4) is 0 Å². The Morgan fingerprint density at radius 2 is 1.74 bits per heavy atom. The van der Waals surface area contributed by atoms with Crippen molar-refractivity contribution in [3.05, 3.63) is 54.4 Å². The van der Waals surface area contributed by atoms with E-state index in [9.17, 15) is 4.79 Å². The number of carbonyl (C=O) groups is 1. The van der Waals surface area contributed by atoms with Gasteiger partial charge in [0, 0.05) is 17.2 Å². The minimum Gasteiger partial charge on any atom is -0.493 e. The number of ether oxygens (including phenoxy) is 3. The smallest absolute Gasteiger partial charge is 0.251 e. The highest BCUT2D eigenvalue weighted by molar-refractivity contribution is 5.94. The third kappa shape index (κ3) is 4.79. The van der Waals surface area contributed by atoms with Gasteiger partial charge in [-0.3, -0.25) is 9.89 Å². The fourth-order valence-electron chi connectivity index (χ4n) is 3.85. The number of H-pyrrole nitrogens is 1. The number of hydrogen-bond donors (Lipinski definition) is 2. The molecule has 2 aromatic carbocycles. The summed E-state index contributed by atoms with van der Waals surface area (Å²) >= 11 is 0. The van der Waals surface area contributed by atoms with Crippen LogP contribution in [-0.2, 0) is 0 Å². The standard InChI is InChI=1S/C23H26N4O4/c1-29-19-4-3-5-20(21(19)30-2)31-18-12-10-17(11-13-18)26-23(28)16-8-6-15(7-9-16)22-24-14-25-27-22/h3-9,14,17-18H,10-13H2,1-2H3,(H,26,28)(H,24,25,27). The second-order valence-electron chi connectivity index (χ2n) is 7.47. The number of para-hydroxylation sites is 1. The number of aromatic amines is 1. The van der Waals surface area contributed by atoms with Crippen molar-refractivity contribution < 1.29 is 19.0 Å². The SMILES string of the molecule is COc1cccc(OC2CCC(NC(=O)c3ccc(-c4ncn[nH]4)cc3)CC2)c1OC. The van der Waals surface area contributed by atoms with Gasteiger partial charge in [0.15, 0.2) is 17.3 Å². The van der Waals surface area contributed by atoms with Crippen molar-refractivity contribution in [2.45, 2.75) is 37.8 Å². The van der Waals surface area contributed by atoms with Gasteiger partial charge < -0.3 is 19.5 Å². The molecule has 8 nitrogen and oxygen atoms in total. The molecule has 1 aromatic heterocycles. The monoisotopic (exact) mass is 422 g/mol. The summed E-state index contributed by atoms with van der Waals surface area (Å²) in [5.74, 6) is 2.55. The van der Waals surface area contributed by atoms with E-state index in [0.29, 0.717) is 28.6 Å². The van der Waals surface area contributed by atoms with Gasteiger partial charge in [-0.1, -0.05) is 18.2 Å². The first-order chi connectivity index (χ1) is 15.2. The van der Waals surface area contributed by atoms with E-state index in [1.54, 1.807) is 26.4 Å². The zero-order chi connectivity index (χ0) is 21.6. The number of nitrogens with zero attached hydrogens (tertiary/aromatic N) is 2. The molecule has 162 valence electrons. The summed E-state index contributed by atoms with van der Waals surface area (Å²) in [5.41, 5.74) is 1.52. The normalized spacial score (nSPS) is 18.3. The lowest BCUT2D eigenvalue weighted by atomic mass is 9.92. The van der Waals surface area contributed by atoms with E-state index in [1.165, 1.54) is 6.33 Å². The van der Waals surface area contributed by atoms with Crippen LogP contribution < -0.4 is 19.5 Å². The summed E-state index contributed by atoms with van der Waals surface area (Å²) in [7, 11) is 3.21. The molecule has 8 heteroatoms. The van der Waals surface area contributed by atoms with Crippen LogP contribution in [-0.4, -0.2) is 47.5 Å². The van der Waals surface area contributed by atoms with Crippen molar-refractivity contribution >= 4 is 5.91 Å². The Kier molecular flexibility index (Phi) is 6.35. The molecule has 0 unspecified atom stereocenters. The van der Waals surface area contributed by atoms with E-state index in [-0.39, 0.29) is 18.1 Å². The van der Waals surface area contributed by atoms with E-state index >= 15 is 0 Å². The summed E-state index contributed by atoms with van der Waals surface area (Å²) in [6, 6.07) is 13.1. The number of rotatable bonds is 7. The van der Waals surface area contributed by atoms with Crippen molar-refractivity contribution in [3.63, 3.8) is 0 Å². The highest BCUT2D eigenvalue weighted by Crippen LogP contribution is 2.38. The first-order valence-corrected chi connectivity index (χ1v) is 10.3. The van der Waals surface area contributed by atoms with Gasteiger partial charge in [0.2, 0.25) is 5.75 Å². The van der Waals surface area contributed by atoms with Crippen LogP contribution in [0.1, 0.15) is 36.0 Å². The van der Waals surface area contributed by atoms with E-state index in [0.717, 1.165) is 31.2 Å². The third-order valence-corrected chi connectivity index (χ3v) is 5.51. The summed E-state index contributed by atoms with van der Waals surface area (Å²) in [5, 5.41) is 9.80. The van der Waals surface area contributed by atoms with Crippen molar-refractivity contribution in [2.24, 2.45) is 0 Å². The second-order valence-corrected chi connectivity index (χ2v) is 7.47. The lowest BCUT2D eigenvalue weighted by Crippen LogP contribution is -2.39. The van der Waals surface area contributed by atoms with E-state index in [2.05, 4.69) is 20.5 Å². The van der Waals surface area contributed by atoms with Crippen LogP contribution >= 0.6 is 0 Å². The predicted molar refractivity (Wildman–Crippen MR) is 116 cm³/mol. The summed E-state index contributed by atoms with van der Waals surface area (Å²) < 4.78 is 17.0. The Hall–Kier alpha value is -3.55. The van der Waals surface area contributed by atoms with Gasteiger partial charge in [-0.05, 0) is 49.9 Å². The van der Waals surface area contributed by atoms with Crippen molar-refractivity contribution in [1.29, 1.82) is 0 Å². The zero-order valence-electron chi connectivity index (χ0n) is 17.6. The van der Waals surface area contributed by atoms with Gasteiger partial charge in [0.25, 0.3) is 5.91 Å². The molecule has 0 radical (unpaired) electrons. The van der Waals surface area contributed by atoms with Crippen molar-refractivity contribution in [2.75, 3.05) is 14.2 Å². The summed E-state index contributed by atoms with van der Waals surface area (Å²) in [4.78, 5) is 16.7. The van der Waals surface area contributed by atoms with Gasteiger partial charge >= 0.3 is 0 Å². The minimum atomic E-state index is -0.0667. The van der Waals surface area contributed by atoms with E-state index in [4.69, 9.17) is 14.2 Å². The molecule has 1 aliphatic rings. The highest BCUT2D eigenvalue weighted by Gasteiger charge is 2.25. The molecule has 4 rings (SSSR count). The first kappa shape index (κ1) is 20.7. The quantitative estimate of drug-likeness (QED) is 0.604. The van der Waals surface area contributed by atoms with Crippen molar-refractivity contribution in [3.8, 4) is 28.6 Å². The molecule has 1 fully saturated rings. The molecule has 0 saturated heterocycles. The number of amides is 1. The highest BCUT2D eigenvalue weighted by atomic mass is 16.5. The minimum absolute atomic E-state index is 0.0667. The Labute approximate surface area is 180 Å². The Morgan fingerprint density at radius 1 is 1.00 bits per heavy atom. The van der Waals surface area contributed by atoms with Gasteiger partial charge in [-0.2, -0.15) is 5.10 Å². The van der Waals surface area contributed by atoms with Gasteiger partial charge in [0.1, 0.15) is 6.33 Å². The lowest BCUT2D eigenvalue weighted by Gasteiger charge is -2.30. The molecule has 2 N–H and O–H groups in total. The molecule has 1 amide bonds. The maximum atomic E-state index is 12.6. The van der Waals surface area contributed by atoms with Crippen LogP contribution in [0.5, 0.6) is 17.2 Å². The topological polar surface area (TPSA) is 98.4 Å². The summed E-state index contributed by atoms with van der Waals surface area (Å²) in [6.07, 6.45) is 4.97. The van der Waals surface area contributed by atoms with Crippen LogP contribution in [0, 0.1) is 0 Å². The van der Waals surface area contributed by atoms with Crippen molar-refractivity contribution in [1.82, 2.24) is 20.5 Å². The molecule has 3 aromatic rings. The fourth-order valence-corrected chi connectivity index (χ4v) is 3.85. The van der Waals surface area contributed by atoms with Gasteiger partial charge in [-0.25, -0.2) is 4.98 Å². The summed E-state index contributed by atoms with van der Waals surface area (Å²) in [6.45, 7) is 0. The third-order valence-electron chi connectivity index (χ3n) is 5.51. The van der Waals surface area contributed by atoms with Gasteiger partial charge in [-0.15, -0.1) is 0 Å². The first-order valence-electron chi connectivity index (χ1n) is 10.3. The molecule has 0 spiro atoms. The molecular weight excluding hydrogens is 396 g/mol. The largest absolute Gasteiger partial charge is 0.493 e. The number of methoxy groups -OCH3 is 2. The van der Waals surface area contributed by atoms with Crippen LogP contribution in [0.25, 0.3) is 11.4 Å². The van der Waals surface area contributed by atoms with E-state index < -0.39 is 0 Å². The Morgan fingerprint density at radius 3 is 2.39 bits per heavy atom. The number of nitrogens with one attached hydrogen (secondary N) is 2. The molecule has 0 atom stereocenters. The fraction of sp³-hybridized carbons (Fsp3) is 0.348.